The molecule has 2 aromatic carbocycles. The Bertz CT molecular complexity index is 905. The Labute approximate surface area is 162 Å². The molecule has 0 fully saturated rings. The van der Waals surface area contributed by atoms with Crippen molar-refractivity contribution in [1.82, 2.24) is 5.43 Å². The van der Waals surface area contributed by atoms with Crippen molar-refractivity contribution in [2.45, 2.75) is 18.9 Å². The Morgan fingerprint density at radius 2 is 1.85 bits per heavy atom. The van der Waals surface area contributed by atoms with E-state index in [0.29, 0.717) is 23.0 Å². The van der Waals surface area contributed by atoms with E-state index in [9.17, 15) is 9.90 Å². The molecule has 0 aliphatic carbocycles. The van der Waals surface area contributed by atoms with Gasteiger partial charge in [-0.25, -0.2) is 5.43 Å². The maximum Gasteiger partial charge on any atom is 0.240 e. The summed E-state index contributed by atoms with van der Waals surface area (Å²) in [5.74, 6) is 0.931. The van der Waals surface area contributed by atoms with E-state index in [4.69, 9.17) is 16.0 Å². The average molecular weight is 383 g/mol. The maximum absolute atomic E-state index is 11.8. The van der Waals surface area contributed by atoms with Crippen molar-refractivity contribution in [2.24, 2.45) is 5.10 Å². The van der Waals surface area contributed by atoms with Crippen molar-refractivity contribution < 1.29 is 14.3 Å². The summed E-state index contributed by atoms with van der Waals surface area (Å²) in [6.45, 7) is 0. The first-order valence-electron chi connectivity index (χ1n) is 8.52. The largest absolute Gasteiger partial charge is 0.455 e. The van der Waals surface area contributed by atoms with Crippen LogP contribution in [-0.2, 0) is 4.79 Å². The van der Waals surface area contributed by atoms with Crippen LogP contribution in [0.1, 0.15) is 30.3 Å². The highest BCUT2D eigenvalue weighted by atomic mass is 35.5. The Hall–Kier alpha value is -2.89. The first-order chi connectivity index (χ1) is 13.1. The first-order valence-corrected chi connectivity index (χ1v) is 8.90. The van der Waals surface area contributed by atoms with Crippen LogP contribution in [-0.4, -0.2) is 17.2 Å². The fourth-order valence-electron chi connectivity index (χ4n) is 2.52. The van der Waals surface area contributed by atoms with E-state index in [0.717, 1.165) is 11.1 Å². The monoisotopic (exact) mass is 382 g/mol. The smallest absolute Gasteiger partial charge is 0.240 e. The molecule has 1 atom stereocenters. The molecular formula is C21H19ClN2O3. The molecule has 0 aliphatic rings. The maximum atomic E-state index is 11.8. The van der Waals surface area contributed by atoms with Crippen molar-refractivity contribution in [3.05, 3.63) is 83.1 Å². The van der Waals surface area contributed by atoms with Gasteiger partial charge in [-0.3, -0.25) is 4.79 Å². The van der Waals surface area contributed by atoms with Crippen LogP contribution in [0, 0.1) is 0 Å². The molecule has 0 saturated heterocycles. The van der Waals surface area contributed by atoms with Gasteiger partial charge >= 0.3 is 0 Å². The molecule has 0 bridgehead atoms. The summed E-state index contributed by atoms with van der Waals surface area (Å²) in [6.07, 6.45) is 1.26. The number of aliphatic hydroxyl groups is 1. The lowest BCUT2D eigenvalue weighted by atomic mass is 10.1. The van der Waals surface area contributed by atoms with Crippen LogP contribution >= 0.6 is 11.6 Å². The highest BCUT2D eigenvalue weighted by Gasteiger charge is 2.09. The molecule has 2 N–H and O–H groups in total. The molecule has 3 aromatic rings. The Balaban J connectivity index is 1.47. The van der Waals surface area contributed by atoms with Crippen LogP contribution in [0.5, 0.6) is 0 Å². The van der Waals surface area contributed by atoms with Gasteiger partial charge < -0.3 is 9.52 Å². The van der Waals surface area contributed by atoms with Gasteiger partial charge in [0.05, 0.1) is 12.3 Å². The fourth-order valence-corrected chi connectivity index (χ4v) is 2.65. The number of furan rings is 1. The highest BCUT2D eigenvalue weighted by molar-refractivity contribution is 6.30. The third-order valence-corrected chi connectivity index (χ3v) is 4.22. The van der Waals surface area contributed by atoms with Crippen LogP contribution in [0.2, 0.25) is 5.02 Å². The van der Waals surface area contributed by atoms with Crippen LogP contribution in [0.25, 0.3) is 11.3 Å². The van der Waals surface area contributed by atoms with E-state index >= 15 is 0 Å². The number of aliphatic hydroxyl groups excluding tert-OH is 1. The Morgan fingerprint density at radius 3 is 2.59 bits per heavy atom. The molecule has 1 amide bonds. The third kappa shape index (κ3) is 5.54. The molecule has 0 unspecified atom stereocenters. The third-order valence-electron chi connectivity index (χ3n) is 3.97. The van der Waals surface area contributed by atoms with Crippen LogP contribution in [0.3, 0.4) is 0 Å². The zero-order valence-electron chi connectivity index (χ0n) is 14.5. The lowest BCUT2D eigenvalue weighted by Crippen LogP contribution is -2.18. The van der Waals surface area contributed by atoms with E-state index in [1.807, 2.05) is 48.5 Å². The summed E-state index contributed by atoms with van der Waals surface area (Å²) in [6, 6.07) is 20.1. The molecule has 0 aliphatic heterocycles. The van der Waals surface area contributed by atoms with Crippen LogP contribution < -0.4 is 5.43 Å². The lowest BCUT2D eigenvalue weighted by Gasteiger charge is -2.09. The number of hydrogen-bond acceptors (Lipinski definition) is 4. The summed E-state index contributed by atoms with van der Waals surface area (Å²) >= 11 is 5.87. The van der Waals surface area contributed by atoms with E-state index in [-0.39, 0.29) is 12.3 Å². The predicted molar refractivity (Wildman–Crippen MR) is 106 cm³/mol. The number of rotatable bonds is 7. The zero-order chi connectivity index (χ0) is 19.1. The molecule has 6 heteroatoms. The number of carbonyl (C=O) groups is 1. The first kappa shape index (κ1) is 18.9. The topological polar surface area (TPSA) is 74.8 Å². The van der Waals surface area contributed by atoms with Crippen molar-refractivity contribution in [2.75, 3.05) is 0 Å². The molecule has 1 heterocycles. The fraction of sp³-hybridized carbons (Fsp3) is 0.143. The van der Waals surface area contributed by atoms with Crippen molar-refractivity contribution in [3.63, 3.8) is 0 Å². The standard InChI is InChI=1S/C21H19ClN2O3/c22-17-8-6-16(7-9-17)20-12-10-18(27-20)14-23-24-21(26)13-11-19(25)15-4-2-1-3-5-15/h1-10,12,14,19,25H,11,13H2,(H,24,26)/b23-14-/t19-/m1/s1. The lowest BCUT2D eigenvalue weighted by molar-refractivity contribution is -0.121. The van der Waals surface area contributed by atoms with Crippen molar-refractivity contribution >= 4 is 23.7 Å². The number of hydrogen-bond donors (Lipinski definition) is 2. The molecule has 1 aromatic heterocycles. The van der Waals surface area contributed by atoms with Crippen LogP contribution in [0.15, 0.2) is 76.2 Å². The minimum atomic E-state index is -0.673. The summed E-state index contributed by atoms with van der Waals surface area (Å²) in [4.78, 5) is 11.8. The minimum absolute atomic E-state index is 0.168. The summed E-state index contributed by atoms with van der Waals surface area (Å²) in [7, 11) is 0. The minimum Gasteiger partial charge on any atom is -0.455 e. The van der Waals surface area contributed by atoms with Gasteiger partial charge in [0.2, 0.25) is 5.91 Å². The van der Waals surface area contributed by atoms with Gasteiger partial charge in [0.15, 0.2) is 0 Å². The second kappa shape index (κ2) is 9.16. The number of halogens is 1. The number of hydrazone groups is 1. The summed E-state index contributed by atoms with van der Waals surface area (Å²) < 4.78 is 5.66. The van der Waals surface area contributed by atoms with Gasteiger partial charge in [-0.15, -0.1) is 0 Å². The number of benzene rings is 2. The van der Waals surface area contributed by atoms with E-state index < -0.39 is 6.10 Å². The quantitative estimate of drug-likeness (QED) is 0.464. The van der Waals surface area contributed by atoms with Gasteiger partial charge in [0.25, 0.3) is 0 Å². The van der Waals surface area contributed by atoms with Gasteiger partial charge in [0, 0.05) is 17.0 Å². The second-order valence-corrected chi connectivity index (χ2v) is 6.40. The molecule has 138 valence electrons. The number of nitrogens with zero attached hydrogens (tertiary/aromatic N) is 1. The number of carbonyl (C=O) groups excluding carboxylic acids is 1. The Morgan fingerprint density at radius 1 is 1.11 bits per heavy atom. The van der Waals surface area contributed by atoms with Gasteiger partial charge in [-0.1, -0.05) is 41.9 Å². The molecule has 27 heavy (non-hydrogen) atoms. The Kier molecular flexibility index (Phi) is 6.41. The van der Waals surface area contributed by atoms with Gasteiger partial charge in [-0.05, 0) is 48.4 Å². The normalized spacial score (nSPS) is 12.2. The highest BCUT2D eigenvalue weighted by Crippen LogP contribution is 2.23. The van der Waals surface area contributed by atoms with E-state index in [1.54, 1.807) is 18.2 Å². The van der Waals surface area contributed by atoms with E-state index in [1.165, 1.54) is 6.21 Å². The number of nitrogens with one attached hydrogen (secondary N) is 1. The zero-order valence-corrected chi connectivity index (χ0v) is 15.3. The van der Waals surface area contributed by atoms with Gasteiger partial charge in [-0.2, -0.15) is 5.10 Å². The van der Waals surface area contributed by atoms with E-state index in [2.05, 4.69) is 10.5 Å². The van der Waals surface area contributed by atoms with Crippen LogP contribution in [0.4, 0.5) is 0 Å². The molecule has 0 spiro atoms. The van der Waals surface area contributed by atoms with Gasteiger partial charge in [0.1, 0.15) is 11.5 Å². The number of amides is 1. The molecule has 5 nitrogen and oxygen atoms in total. The SMILES string of the molecule is O=C(CC[C@@H](O)c1ccccc1)N/N=C\c1ccc(-c2ccc(Cl)cc2)o1. The molecule has 3 rings (SSSR count). The summed E-state index contributed by atoms with van der Waals surface area (Å²) in [5, 5.41) is 14.6. The molecular weight excluding hydrogens is 364 g/mol. The van der Waals surface area contributed by atoms with Crippen molar-refractivity contribution in [1.29, 1.82) is 0 Å². The average Bonchev–Trinajstić information content (AvgIpc) is 3.16. The second-order valence-electron chi connectivity index (χ2n) is 5.97. The molecule has 0 saturated carbocycles. The van der Waals surface area contributed by atoms with Crippen molar-refractivity contribution in [3.8, 4) is 11.3 Å². The predicted octanol–water partition coefficient (Wildman–Crippen LogP) is 4.56. The molecule has 0 radical (unpaired) electrons. The summed E-state index contributed by atoms with van der Waals surface area (Å²) in [5.41, 5.74) is 4.13.